The van der Waals surface area contributed by atoms with Crippen LogP contribution < -0.4 is 19.3 Å². The first-order valence-electron chi connectivity index (χ1n) is 12.3. The van der Waals surface area contributed by atoms with E-state index in [0.717, 1.165) is 4.31 Å². The maximum absolute atomic E-state index is 14.6. The van der Waals surface area contributed by atoms with Crippen molar-refractivity contribution in [1.82, 2.24) is 9.72 Å². The van der Waals surface area contributed by atoms with Crippen molar-refractivity contribution < 1.29 is 31.5 Å². The zero-order valence-corrected chi connectivity index (χ0v) is 24.6. The zero-order valence-electron chi connectivity index (χ0n) is 22.2. The van der Waals surface area contributed by atoms with Crippen LogP contribution in [0.15, 0.2) is 91.4 Å². The Bertz CT molecular complexity index is 1840. The van der Waals surface area contributed by atoms with Gasteiger partial charge in [-0.05, 0) is 42.5 Å². The number of allylic oxidation sites excluding steroid dienone is 3. The van der Waals surface area contributed by atoms with Gasteiger partial charge in [0.1, 0.15) is 29.7 Å². The van der Waals surface area contributed by atoms with Gasteiger partial charge in [0.15, 0.2) is 5.82 Å². The number of pyridine rings is 1. The molecule has 0 fully saturated rings. The van der Waals surface area contributed by atoms with Crippen LogP contribution in [0.25, 0.3) is 16.6 Å². The predicted molar refractivity (Wildman–Crippen MR) is 154 cm³/mol. The van der Waals surface area contributed by atoms with E-state index in [2.05, 4.69) is 21.1 Å². The second-order valence-electron chi connectivity index (χ2n) is 8.99. The number of hydrogen-bond donors (Lipinski definition) is 0. The van der Waals surface area contributed by atoms with E-state index in [-0.39, 0.29) is 23.7 Å². The normalized spacial score (nSPS) is 15.5. The lowest BCUT2D eigenvalue weighted by molar-refractivity contribution is 0.296. The molecule has 214 valence electrons. The van der Waals surface area contributed by atoms with Crippen molar-refractivity contribution in [2.24, 2.45) is 0 Å². The Kier molecular flexibility index (Phi) is 7.91. The summed E-state index contributed by atoms with van der Waals surface area (Å²) in [7, 11) is 0.222. The molecule has 2 heterocycles. The third kappa shape index (κ3) is 5.34. The molecule has 0 saturated carbocycles. The van der Waals surface area contributed by atoms with Crippen LogP contribution in [0.1, 0.15) is 12.0 Å². The number of nitrogens with zero attached hydrogens (tertiary/aromatic N) is 3. The van der Waals surface area contributed by atoms with Crippen LogP contribution in [0, 0.1) is 0 Å². The Morgan fingerprint density at radius 1 is 1.07 bits per heavy atom. The highest BCUT2D eigenvalue weighted by atomic mass is 79.9. The number of hydrogen-bond acceptors (Lipinski definition) is 8. The van der Waals surface area contributed by atoms with Crippen LogP contribution >= 0.6 is 15.9 Å². The van der Waals surface area contributed by atoms with Gasteiger partial charge < -0.3 is 18.7 Å². The Morgan fingerprint density at radius 2 is 1.88 bits per heavy atom. The molecule has 41 heavy (non-hydrogen) atoms. The highest BCUT2D eigenvalue weighted by Crippen LogP contribution is 2.35. The molecule has 1 aliphatic carbocycles. The summed E-state index contributed by atoms with van der Waals surface area (Å²) in [5.41, 5.74) is 0.868. The monoisotopic (exact) mass is 645 g/mol. The molecule has 5 rings (SSSR count). The SMILES string of the molecule is COC1=C(n2c(=O)ccc3cc(S(=O)(=O)N(Cc4ccc(OC)cc4OC)c4ccon4)ccc32)CC(F)C(Br)=C1. The smallest absolute Gasteiger partial charge is 0.265 e. The van der Waals surface area contributed by atoms with Gasteiger partial charge in [-0.1, -0.05) is 21.1 Å². The van der Waals surface area contributed by atoms with E-state index >= 15 is 0 Å². The Morgan fingerprint density at radius 3 is 2.56 bits per heavy atom. The second kappa shape index (κ2) is 11.4. The van der Waals surface area contributed by atoms with Crippen LogP contribution in [0.4, 0.5) is 10.2 Å². The quantitative estimate of drug-likeness (QED) is 0.243. The summed E-state index contributed by atoms with van der Waals surface area (Å²) < 4.78 is 66.6. The number of methoxy groups -OCH3 is 3. The Balaban J connectivity index is 1.62. The average Bonchev–Trinajstić information content (AvgIpc) is 3.51. The van der Waals surface area contributed by atoms with E-state index in [4.69, 9.17) is 18.7 Å². The van der Waals surface area contributed by atoms with Crippen LogP contribution in [0.3, 0.4) is 0 Å². The zero-order chi connectivity index (χ0) is 29.3. The van der Waals surface area contributed by atoms with Gasteiger partial charge in [0.2, 0.25) is 0 Å². The number of sulfonamides is 1. The maximum atomic E-state index is 14.6. The summed E-state index contributed by atoms with van der Waals surface area (Å²) in [5, 5.41) is 4.31. The first-order chi connectivity index (χ1) is 19.7. The molecule has 1 atom stereocenters. The minimum Gasteiger partial charge on any atom is -0.497 e. The Hall–Kier alpha value is -4.10. The molecule has 4 aromatic rings. The molecule has 1 aliphatic rings. The van der Waals surface area contributed by atoms with Gasteiger partial charge in [-0.25, -0.2) is 17.1 Å². The molecular weight excluding hydrogens is 621 g/mol. The first kappa shape index (κ1) is 28.4. The maximum Gasteiger partial charge on any atom is 0.265 e. The van der Waals surface area contributed by atoms with E-state index < -0.39 is 21.8 Å². The molecular formula is C28H25BrFN3O7S. The number of anilines is 1. The topological polar surface area (TPSA) is 113 Å². The van der Waals surface area contributed by atoms with E-state index in [1.807, 2.05) is 0 Å². The lowest BCUT2D eigenvalue weighted by Crippen LogP contribution is -2.31. The lowest BCUT2D eigenvalue weighted by Gasteiger charge is -2.24. The van der Waals surface area contributed by atoms with Gasteiger partial charge in [-0.2, -0.15) is 0 Å². The van der Waals surface area contributed by atoms with Crippen LogP contribution in [0.5, 0.6) is 11.5 Å². The molecule has 0 aliphatic heterocycles. The molecule has 0 saturated heterocycles. The van der Waals surface area contributed by atoms with E-state index in [1.54, 1.807) is 18.2 Å². The van der Waals surface area contributed by atoms with Crippen molar-refractivity contribution in [3.8, 4) is 11.5 Å². The minimum atomic E-state index is -4.21. The molecule has 0 N–H and O–H groups in total. The fourth-order valence-electron chi connectivity index (χ4n) is 4.60. The number of ether oxygens (including phenoxy) is 3. The van der Waals surface area contributed by atoms with Crippen molar-refractivity contribution in [2.75, 3.05) is 25.6 Å². The van der Waals surface area contributed by atoms with Gasteiger partial charge in [0.25, 0.3) is 15.6 Å². The van der Waals surface area contributed by atoms with Crippen molar-refractivity contribution >= 4 is 48.4 Å². The molecule has 0 spiro atoms. The fourth-order valence-corrected chi connectivity index (χ4v) is 6.39. The molecule has 2 aromatic carbocycles. The molecule has 0 bridgehead atoms. The molecule has 13 heteroatoms. The van der Waals surface area contributed by atoms with Crippen molar-refractivity contribution in [3.63, 3.8) is 0 Å². The van der Waals surface area contributed by atoms with Gasteiger partial charge in [0, 0.05) is 40.1 Å². The standard InChI is InChI=1S/C28H25BrFN3O7S/c1-37-19-6-4-18(25(13-19)38-2)16-32(27-10-11-40-31-27)41(35,36)20-7-8-23-17(12-20)5-9-28(34)33(23)24-15-22(30)21(29)14-26(24)39-3/h4-14,22H,15-16H2,1-3H3. The third-order valence-corrected chi connectivity index (χ3v) is 9.13. The summed E-state index contributed by atoms with van der Waals surface area (Å²) in [6.45, 7) is -0.122. The number of alkyl halides is 1. The number of benzene rings is 2. The largest absolute Gasteiger partial charge is 0.497 e. The summed E-state index contributed by atoms with van der Waals surface area (Å²) in [6.07, 6.45) is 1.29. The number of fused-ring (bicyclic) bond motifs is 1. The summed E-state index contributed by atoms with van der Waals surface area (Å²) in [5.74, 6) is 1.37. The van der Waals surface area contributed by atoms with Crippen LogP contribution in [-0.4, -0.2) is 45.6 Å². The van der Waals surface area contributed by atoms with Gasteiger partial charge >= 0.3 is 0 Å². The summed E-state index contributed by atoms with van der Waals surface area (Å²) in [4.78, 5) is 12.9. The fraction of sp³-hybridized carbons (Fsp3) is 0.214. The first-order valence-corrected chi connectivity index (χ1v) is 14.5. The minimum absolute atomic E-state index is 0.0544. The predicted octanol–water partition coefficient (Wildman–Crippen LogP) is 5.24. The summed E-state index contributed by atoms with van der Waals surface area (Å²) in [6, 6.07) is 13.7. The third-order valence-electron chi connectivity index (χ3n) is 6.66. The van der Waals surface area contributed by atoms with Gasteiger partial charge in [-0.15, -0.1) is 0 Å². The molecule has 10 nitrogen and oxygen atoms in total. The molecule has 0 radical (unpaired) electrons. The van der Waals surface area contributed by atoms with E-state index in [9.17, 15) is 17.6 Å². The van der Waals surface area contributed by atoms with Crippen molar-refractivity contribution in [2.45, 2.75) is 24.0 Å². The van der Waals surface area contributed by atoms with Crippen molar-refractivity contribution in [3.05, 3.63) is 93.1 Å². The number of rotatable bonds is 9. The lowest BCUT2D eigenvalue weighted by atomic mass is 10.1. The van der Waals surface area contributed by atoms with Gasteiger partial charge in [-0.3, -0.25) is 9.36 Å². The average molecular weight is 646 g/mol. The van der Waals surface area contributed by atoms with Crippen LogP contribution in [0.2, 0.25) is 0 Å². The molecule has 1 unspecified atom stereocenters. The van der Waals surface area contributed by atoms with Crippen molar-refractivity contribution in [1.29, 1.82) is 0 Å². The highest BCUT2D eigenvalue weighted by Gasteiger charge is 2.30. The van der Waals surface area contributed by atoms with Gasteiger partial charge in [0.05, 0.1) is 44.0 Å². The Labute approximate surface area is 243 Å². The van der Waals surface area contributed by atoms with E-state index in [1.165, 1.54) is 74.6 Å². The molecule has 0 amide bonds. The number of aromatic nitrogens is 2. The number of halogens is 2. The van der Waals surface area contributed by atoms with E-state index in [0.29, 0.717) is 43.9 Å². The highest BCUT2D eigenvalue weighted by molar-refractivity contribution is 9.11. The van der Waals surface area contributed by atoms with Crippen LogP contribution in [-0.2, 0) is 21.3 Å². The second-order valence-corrected chi connectivity index (χ2v) is 11.8. The molecule has 2 aromatic heterocycles. The summed E-state index contributed by atoms with van der Waals surface area (Å²) >= 11 is 3.19.